The molecule has 1 aliphatic rings. The van der Waals surface area contributed by atoms with E-state index in [1.165, 1.54) is 11.1 Å². The van der Waals surface area contributed by atoms with Crippen LogP contribution < -0.4 is 5.32 Å². The van der Waals surface area contributed by atoms with Gasteiger partial charge in [-0.1, -0.05) is 23.7 Å². The molecule has 1 fully saturated rings. The normalized spacial score (nSPS) is 22.3. The van der Waals surface area contributed by atoms with Gasteiger partial charge < -0.3 is 5.32 Å². The molecule has 1 aromatic carbocycles. The Hall–Kier alpha value is -0.570. The minimum Gasteiger partial charge on any atom is -0.312 e. The molecule has 1 aromatic rings. The summed E-state index contributed by atoms with van der Waals surface area (Å²) in [5, 5.41) is 4.34. The van der Waals surface area contributed by atoms with Crippen LogP contribution in [0.25, 0.3) is 0 Å². The molecule has 0 bridgehead atoms. The van der Waals surface area contributed by atoms with E-state index in [4.69, 9.17) is 11.6 Å². The predicted molar refractivity (Wildman–Crippen MR) is 68.9 cm³/mol. The van der Waals surface area contributed by atoms with Gasteiger partial charge in [-0.3, -0.25) is 4.90 Å². The van der Waals surface area contributed by atoms with Crippen LogP contribution in [0.1, 0.15) is 18.1 Å². The summed E-state index contributed by atoms with van der Waals surface area (Å²) in [6.07, 6.45) is 0. The summed E-state index contributed by atoms with van der Waals surface area (Å²) in [5.41, 5.74) is 2.46. The Morgan fingerprint density at radius 1 is 1.50 bits per heavy atom. The molecule has 0 aromatic heterocycles. The number of nitrogens with one attached hydrogen (secondary N) is 1. The fourth-order valence-electron chi connectivity index (χ4n) is 2.18. The van der Waals surface area contributed by atoms with Crippen LogP contribution in [-0.4, -0.2) is 30.6 Å². The maximum absolute atomic E-state index is 6.24. The van der Waals surface area contributed by atoms with Crippen LogP contribution in [0.3, 0.4) is 0 Å². The van der Waals surface area contributed by atoms with Crippen molar-refractivity contribution in [1.82, 2.24) is 10.2 Å². The van der Waals surface area contributed by atoms with Crippen molar-refractivity contribution in [2.75, 3.05) is 19.6 Å². The Bertz CT molecular complexity index is 365. The summed E-state index contributed by atoms with van der Waals surface area (Å²) in [4.78, 5) is 2.46. The smallest absolute Gasteiger partial charge is 0.0453 e. The van der Waals surface area contributed by atoms with Crippen LogP contribution in [-0.2, 0) is 6.54 Å². The molecule has 3 heteroatoms. The zero-order chi connectivity index (χ0) is 11.5. The molecule has 0 saturated carbocycles. The Morgan fingerprint density at radius 2 is 2.31 bits per heavy atom. The summed E-state index contributed by atoms with van der Waals surface area (Å²) in [6.45, 7) is 8.54. The maximum atomic E-state index is 6.24. The fourth-order valence-corrected chi connectivity index (χ4v) is 2.47. The van der Waals surface area contributed by atoms with E-state index < -0.39 is 0 Å². The zero-order valence-corrected chi connectivity index (χ0v) is 10.7. The molecule has 0 radical (unpaired) electrons. The summed E-state index contributed by atoms with van der Waals surface area (Å²) in [6, 6.07) is 6.90. The number of aryl methyl sites for hydroxylation is 1. The highest BCUT2D eigenvalue weighted by Gasteiger charge is 2.16. The number of halogens is 1. The van der Waals surface area contributed by atoms with Gasteiger partial charge in [0.2, 0.25) is 0 Å². The highest BCUT2D eigenvalue weighted by Crippen LogP contribution is 2.19. The molecule has 2 nitrogen and oxygen atoms in total. The second-order valence-electron chi connectivity index (χ2n) is 4.69. The number of rotatable bonds is 2. The van der Waals surface area contributed by atoms with Gasteiger partial charge in [-0.15, -0.1) is 0 Å². The molecule has 1 saturated heterocycles. The lowest BCUT2D eigenvalue weighted by atomic mass is 10.1. The van der Waals surface area contributed by atoms with Gasteiger partial charge in [-0.2, -0.15) is 0 Å². The van der Waals surface area contributed by atoms with Crippen molar-refractivity contribution in [1.29, 1.82) is 0 Å². The molecule has 16 heavy (non-hydrogen) atoms. The summed E-state index contributed by atoms with van der Waals surface area (Å²) in [7, 11) is 0. The van der Waals surface area contributed by atoms with Crippen LogP contribution >= 0.6 is 11.6 Å². The third-order valence-corrected chi connectivity index (χ3v) is 3.41. The lowest BCUT2D eigenvalue weighted by Gasteiger charge is -2.32. The average molecular weight is 239 g/mol. The van der Waals surface area contributed by atoms with Gasteiger partial charge in [-0.25, -0.2) is 0 Å². The molecule has 88 valence electrons. The van der Waals surface area contributed by atoms with E-state index in [2.05, 4.69) is 36.2 Å². The number of hydrogen-bond acceptors (Lipinski definition) is 2. The number of piperazine rings is 1. The van der Waals surface area contributed by atoms with E-state index in [-0.39, 0.29) is 0 Å². The van der Waals surface area contributed by atoms with E-state index in [0.717, 1.165) is 31.2 Å². The second-order valence-corrected chi connectivity index (χ2v) is 5.09. The quantitative estimate of drug-likeness (QED) is 0.852. The Morgan fingerprint density at radius 3 is 3.00 bits per heavy atom. The predicted octanol–water partition coefficient (Wildman–Crippen LogP) is 2.44. The Kier molecular flexibility index (Phi) is 3.85. The average Bonchev–Trinajstić information content (AvgIpc) is 2.22. The van der Waals surface area contributed by atoms with E-state index in [1.54, 1.807) is 0 Å². The van der Waals surface area contributed by atoms with E-state index in [1.807, 2.05) is 6.07 Å². The minimum atomic E-state index is 0.581. The summed E-state index contributed by atoms with van der Waals surface area (Å²) in [5.74, 6) is 0. The number of nitrogens with zero attached hydrogens (tertiary/aromatic N) is 1. The minimum absolute atomic E-state index is 0.581. The van der Waals surface area contributed by atoms with Crippen LogP contribution in [0.2, 0.25) is 5.02 Å². The van der Waals surface area contributed by atoms with Crippen molar-refractivity contribution in [2.45, 2.75) is 26.4 Å². The molecule has 0 unspecified atom stereocenters. The van der Waals surface area contributed by atoms with Crippen molar-refractivity contribution < 1.29 is 0 Å². The Balaban J connectivity index is 2.02. The molecular formula is C13H19ClN2. The molecule has 0 aliphatic carbocycles. The monoisotopic (exact) mass is 238 g/mol. The van der Waals surface area contributed by atoms with Gasteiger partial charge >= 0.3 is 0 Å². The molecule has 0 amide bonds. The highest BCUT2D eigenvalue weighted by molar-refractivity contribution is 6.31. The van der Waals surface area contributed by atoms with Crippen molar-refractivity contribution in [3.05, 3.63) is 34.3 Å². The molecule has 2 rings (SSSR count). The van der Waals surface area contributed by atoms with E-state index in [9.17, 15) is 0 Å². The van der Waals surface area contributed by atoms with Crippen LogP contribution in [0.15, 0.2) is 18.2 Å². The first kappa shape index (κ1) is 11.9. The van der Waals surface area contributed by atoms with Crippen LogP contribution in [0.5, 0.6) is 0 Å². The Labute approximate surface area is 103 Å². The third kappa shape index (κ3) is 2.97. The van der Waals surface area contributed by atoms with E-state index in [0.29, 0.717) is 6.04 Å². The van der Waals surface area contributed by atoms with Gasteiger partial charge in [0.25, 0.3) is 0 Å². The maximum Gasteiger partial charge on any atom is 0.0453 e. The largest absolute Gasteiger partial charge is 0.312 e. The lowest BCUT2D eigenvalue weighted by Crippen LogP contribution is -2.48. The van der Waals surface area contributed by atoms with Crippen molar-refractivity contribution in [2.24, 2.45) is 0 Å². The number of hydrogen-bond donors (Lipinski definition) is 1. The first-order chi connectivity index (χ1) is 7.65. The third-order valence-electron chi connectivity index (χ3n) is 3.06. The van der Waals surface area contributed by atoms with Crippen LogP contribution in [0, 0.1) is 6.92 Å². The van der Waals surface area contributed by atoms with Gasteiger partial charge in [0.15, 0.2) is 0 Å². The lowest BCUT2D eigenvalue weighted by molar-refractivity contribution is 0.199. The second kappa shape index (κ2) is 5.17. The first-order valence-corrected chi connectivity index (χ1v) is 6.24. The van der Waals surface area contributed by atoms with Crippen molar-refractivity contribution in [3.63, 3.8) is 0 Å². The molecule has 1 aliphatic heterocycles. The fraction of sp³-hybridized carbons (Fsp3) is 0.538. The topological polar surface area (TPSA) is 15.3 Å². The molecule has 1 N–H and O–H groups in total. The first-order valence-electron chi connectivity index (χ1n) is 5.86. The molecule has 0 spiro atoms. The number of benzene rings is 1. The zero-order valence-electron chi connectivity index (χ0n) is 9.96. The SMILES string of the molecule is Cc1ccc(CN2CCN[C@@H](C)C2)c(Cl)c1. The van der Waals surface area contributed by atoms with Crippen molar-refractivity contribution in [3.8, 4) is 0 Å². The summed E-state index contributed by atoms with van der Waals surface area (Å²) >= 11 is 6.24. The molecule has 1 heterocycles. The van der Waals surface area contributed by atoms with Crippen LogP contribution in [0.4, 0.5) is 0 Å². The van der Waals surface area contributed by atoms with Gasteiger partial charge in [-0.05, 0) is 31.0 Å². The van der Waals surface area contributed by atoms with Gasteiger partial charge in [0, 0.05) is 37.2 Å². The summed E-state index contributed by atoms with van der Waals surface area (Å²) < 4.78 is 0. The molecular weight excluding hydrogens is 220 g/mol. The van der Waals surface area contributed by atoms with Crippen molar-refractivity contribution >= 4 is 11.6 Å². The highest BCUT2D eigenvalue weighted by atomic mass is 35.5. The van der Waals surface area contributed by atoms with E-state index >= 15 is 0 Å². The van der Waals surface area contributed by atoms with Gasteiger partial charge in [0.05, 0.1) is 0 Å². The standard InChI is InChI=1S/C13H19ClN2/c1-10-3-4-12(13(14)7-10)9-16-6-5-15-11(2)8-16/h3-4,7,11,15H,5-6,8-9H2,1-2H3/t11-/m0/s1. The molecule has 1 atom stereocenters. The van der Waals surface area contributed by atoms with Gasteiger partial charge in [0.1, 0.15) is 0 Å².